The first kappa shape index (κ1) is 17.9. The van der Waals surface area contributed by atoms with E-state index in [4.69, 9.17) is 16.2 Å². The average molecular weight is 274 g/mol. The van der Waals surface area contributed by atoms with Crippen LogP contribution in [0.15, 0.2) is 0 Å². The first-order chi connectivity index (χ1) is 8.94. The van der Waals surface area contributed by atoms with Gasteiger partial charge in [-0.05, 0) is 52.1 Å². The van der Waals surface area contributed by atoms with E-state index < -0.39 is 17.4 Å². The molecule has 0 radical (unpaired) electrons. The largest absolute Gasteiger partial charge is 0.480 e. The molecule has 0 saturated heterocycles. The maximum Gasteiger partial charge on any atom is 0.323 e. The maximum absolute atomic E-state index is 12.2. The lowest BCUT2D eigenvalue weighted by Crippen LogP contribution is -2.42. The molecule has 0 rings (SSSR count). The zero-order valence-electron chi connectivity index (χ0n) is 11.9. The number of carboxylic acids is 1. The van der Waals surface area contributed by atoms with Gasteiger partial charge in [-0.1, -0.05) is 6.92 Å². The van der Waals surface area contributed by atoms with Crippen LogP contribution in [0.1, 0.15) is 46.0 Å². The Hall–Kier alpha value is -1.14. The zero-order chi connectivity index (χ0) is 14.9. The first-order valence-corrected chi connectivity index (χ1v) is 6.79. The number of nitrogens with two attached hydrogens (primary N) is 2. The predicted molar refractivity (Wildman–Crippen MR) is 72.5 cm³/mol. The second kappa shape index (κ2) is 8.87. The van der Waals surface area contributed by atoms with Crippen molar-refractivity contribution in [2.45, 2.75) is 52.1 Å². The van der Waals surface area contributed by atoms with Gasteiger partial charge in [-0.3, -0.25) is 9.59 Å². The Morgan fingerprint density at radius 2 is 1.68 bits per heavy atom. The lowest BCUT2D eigenvalue weighted by atomic mass is 9.79. The molecule has 112 valence electrons. The molecule has 1 unspecified atom stereocenters. The van der Waals surface area contributed by atoms with Gasteiger partial charge in [0.25, 0.3) is 0 Å². The number of carboxylic acid groups (broad SMARTS) is 1. The second-order valence-electron chi connectivity index (χ2n) is 4.80. The number of ether oxygens (including phenoxy) is 1. The summed E-state index contributed by atoms with van der Waals surface area (Å²) in [6.07, 6.45) is 1.66. The predicted octanol–water partition coefficient (Wildman–Crippen LogP) is 0.877. The van der Waals surface area contributed by atoms with Gasteiger partial charge in [0.15, 0.2) is 5.41 Å². The minimum Gasteiger partial charge on any atom is -0.480 e. The van der Waals surface area contributed by atoms with Crippen LogP contribution in [0.25, 0.3) is 0 Å². The zero-order valence-corrected chi connectivity index (χ0v) is 11.9. The van der Waals surface area contributed by atoms with Crippen molar-refractivity contribution in [2.24, 2.45) is 16.9 Å². The highest BCUT2D eigenvalue weighted by Crippen LogP contribution is 2.32. The monoisotopic (exact) mass is 274 g/mol. The van der Waals surface area contributed by atoms with E-state index in [1.165, 1.54) is 0 Å². The molecule has 6 nitrogen and oxygen atoms in total. The topological polar surface area (TPSA) is 116 Å². The minimum atomic E-state index is -1.51. The van der Waals surface area contributed by atoms with E-state index in [0.29, 0.717) is 32.4 Å². The SMILES string of the molecule is CCC(C)OC(=O)C(CCCN)(CCCN)C(=O)O. The molecule has 6 heteroatoms. The molecule has 0 aliphatic rings. The highest BCUT2D eigenvalue weighted by molar-refractivity contribution is 5.99. The smallest absolute Gasteiger partial charge is 0.323 e. The van der Waals surface area contributed by atoms with Gasteiger partial charge in [0, 0.05) is 0 Å². The molecule has 19 heavy (non-hydrogen) atoms. The summed E-state index contributed by atoms with van der Waals surface area (Å²) >= 11 is 0. The summed E-state index contributed by atoms with van der Waals surface area (Å²) < 4.78 is 5.22. The van der Waals surface area contributed by atoms with Crippen LogP contribution in [0.2, 0.25) is 0 Å². The van der Waals surface area contributed by atoms with Crippen LogP contribution < -0.4 is 11.5 Å². The summed E-state index contributed by atoms with van der Waals surface area (Å²) in [7, 11) is 0. The molecule has 0 heterocycles. The lowest BCUT2D eigenvalue weighted by molar-refractivity contribution is -0.173. The summed E-state index contributed by atoms with van der Waals surface area (Å²) in [6.45, 7) is 4.30. The molecule has 0 aromatic rings. The van der Waals surface area contributed by atoms with E-state index in [0.717, 1.165) is 0 Å². The van der Waals surface area contributed by atoms with Crippen LogP contribution in [0.3, 0.4) is 0 Å². The summed E-state index contributed by atoms with van der Waals surface area (Å²) in [6, 6.07) is 0. The number of carbonyl (C=O) groups excluding carboxylic acids is 1. The first-order valence-electron chi connectivity index (χ1n) is 6.79. The second-order valence-corrected chi connectivity index (χ2v) is 4.80. The van der Waals surface area contributed by atoms with Gasteiger partial charge in [-0.25, -0.2) is 0 Å². The Morgan fingerprint density at radius 3 is 2.00 bits per heavy atom. The van der Waals surface area contributed by atoms with Crippen molar-refractivity contribution in [3.05, 3.63) is 0 Å². The Morgan fingerprint density at radius 1 is 1.21 bits per heavy atom. The third kappa shape index (κ3) is 5.16. The minimum absolute atomic E-state index is 0.189. The molecule has 0 saturated carbocycles. The summed E-state index contributed by atoms with van der Waals surface area (Å²) in [5.41, 5.74) is 9.33. The molecule has 1 atom stereocenters. The van der Waals surface area contributed by atoms with Crippen molar-refractivity contribution in [3.63, 3.8) is 0 Å². The number of hydrogen-bond acceptors (Lipinski definition) is 5. The van der Waals surface area contributed by atoms with Crippen molar-refractivity contribution < 1.29 is 19.4 Å². The Labute approximate surface area is 114 Å². The standard InChI is InChI=1S/C13H26N2O4/c1-3-10(2)19-12(18)13(11(16)17,6-4-8-14)7-5-9-15/h10H,3-9,14-15H2,1-2H3,(H,16,17). The quantitative estimate of drug-likeness (QED) is 0.402. The molecular weight excluding hydrogens is 248 g/mol. The third-order valence-electron chi connectivity index (χ3n) is 3.30. The molecule has 0 aromatic heterocycles. The lowest BCUT2D eigenvalue weighted by Gasteiger charge is -2.28. The number of hydrogen-bond donors (Lipinski definition) is 3. The normalized spacial score (nSPS) is 13.1. The maximum atomic E-state index is 12.2. The Bertz CT molecular complexity index is 286. The van der Waals surface area contributed by atoms with Crippen LogP contribution in [-0.4, -0.2) is 36.2 Å². The number of esters is 1. The van der Waals surface area contributed by atoms with E-state index in [1.807, 2.05) is 6.92 Å². The van der Waals surface area contributed by atoms with Crippen LogP contribution in [0.5, 0.6) is 0 Å². The molecule has 0 spiro atoms. The van der Waals surface area contributed by atoms with Crippen LogP contribution >= 0.6 is 0 Å². The van der Waals surface area contributed by atoms with Crippen LogP contribution in [0, 0.1) is 5.41 Å². The highest BCUT2D eigenvalue weighted by Gasteiger charge is 2.46. The fourth-order valence-electron chi connectivity index (χ4n) is 1.82. The molecule has 0 amide bonds. The van der Waals surface area contributed by atoms with E-state index in [9.17, 15) is 14.7 Å². The van der Waals surface area contributed by atoms with Gasteiger partial charge in [0.1, 0.15) is 0 Å². The molecule has 5 N–H and O–H groups in total. The summed E-state index contributed by atoms with van der Waals surface area (Å²) in [5, 5.41) is 9.45. The van der Waals surface area contributed by atoms with E-state index in [1.54, 1.807) is 6.92 Å². The number of rotatable bonds is 10. The molecule has 0 aliphatic carbocycles. The molecular formula is C13H26N2O4. The van der Waals surface area contributed by atoms with Crippen molar-refractivity contribution in [1.29, 1.82) is 0 Å². The third-order valence-corrected chi connectivity index (χ3v) is 3.30. The highest BCUT2D eigenvalue weighted by atomic mass is 16.5. The van der Waals surface area contributed by atoms with Crippen molar-refractivity contribution in [1.82, 2.24) is 0 Å². The fourth-order valence-corrected chi connectivity index (χ4v) is 1.82. The molecule has 0 aliphatic heterocycles. The summed E-state index contributed by atoms with van der Waals surface area (Å²) in [4.78, 5) is 23.8. The van der Waals surface area contributed by atoms with Gasteiger partial charge in [0.2, 0.25) is 0 Å². The van der Waals surface area contributed by atoms with Crippen molar-refractivity contribution in [2.75, 3.05) is 13.1 Å². The van der Waals surface area contributed by atoms with Crippen LogP contribution in [0.4, 0.5) is 0 Å². The van der Waals surface area contributed by atoms with Gasteiger partial charge in [0.05, 0.1) is 6.10 Å². The van der Waals surface area contributed by atoms with Gasteiger partial charge in [-0.2, -0.15) is 0 Å². The van der Waals surface area contributed by atoms with Gasteiger partial charge >= 0.3 is 11.9 Å². The van der Waals surface area contributed by atoms with E-state index >= 15 is 0 Å². The van der Waals surface area contributed by atoms with Crippen molar-refractivity contribution in [3.8, 4) is 0 Å². The van der Waals surface area contributed by atoms with Crippen molar-refractivity contribution >= 4 is 11.9 Å². The number of aliphatic carboxylic acids is 1. The average Bonchev–Trinajstić information content (AvgIpc) is 2.38. The fraction of sp³-hybridized carbons (Fsp3) is 0.846. The molecule has 0 aromatic carbocycles. The number of carbonyl (C=O) groups is 2. The molecule has 0 fully saturated rings. The van der Waals surface area contributed by atoms with E-state index in [-0.39, 0.29) is 18.9 Å². The van der Waals surface area contributed by atoms with Crippen LogP contribution in [-0.2, 0) is 14.3 Å². The molecule has 0 bridgehead atoms. The van der Waals surface area contributed by atoms with E-state index in [2.05, 4.69) is 0 Å². The summed E-state index contributed by atoms with van der Waals surface area (Å²) in [5.74, 6) is -1.82. The van der Waals surface area contributed by atoms with Gasteiger partial charge in [-0.15, -0.1) is 0 Å². The Balaban J connectivity index is 5.06. The van der Waals surface area contributed by atoms with Gasteiger partial charge < -0.3 is 21.3 Å². The Kier molecular flexibility index (Phi) is 8.34.